The van der Waals surface area contributed by atoms with Crippen molar-refractivity contribution in [2.75, 3.05) is 13.7 Å². The molecule has 0 aromatic heterocycles. The van der Waals surface area contributed by atoms with Crippen molar-refractivity contribution in [2.45, 2.75) is 25.9 Å². The number of aliphatic hydroxyl groups excluding tert-OH is 1. The molecule has 0 bridgehead atoms. The van der Waals surface area contributed by atoms with Crippen LogP contribution in [0.25, 0.3) is 0 Å². The second-order valence-electron chi connectivity index (χ2n) is 3.70. The number of nitrogens with two attached hydrogens (primary N) is 1. The van der Waals surface area contributed by atoms with Crippen molar-refractivity contribution in [1.29, 1.82) is 0 Å². The highest BCUT2D eigenvalue weighted by Gasteiger charge is 2.10. The highest BCUT2D eigenvalue weighted by atomic mass is 16.5. The van der Waals surface area contributed by atoms with Gasteiger partial charge in [-0.15, -0.1) is 0 Å². The number of ether oxygens (including phenoxy) is 1. The Morgan fingerprint density at radius 3 is 2.80 bits per heavy atom. The molecule has 3 heteroatoms. The van der Waals surface area contributed by atoms with Gasteiger partial charge in [-0.1, -0.05) is 18.2 Å². The van der Waals surface area contributed by atoms with E-state index in [1.54, 1.807) is 7.11 Å². The Balaban J connectivity index is 2.80. The average Bonchev–Trinajstić information content (AvgIpc) is 2.18. The predicted octanol–water partition coefficient (Wildman–Crippen LogP) is 1.26. The molecule has 84 valence electrons. The van der Waals surface area contributed by atoms with Crippen LogP contribution in [0.2, 0.25) is 0 Å². The minimum atomic E-state index is -0.384. The summed E-state index contributed by atoms with van der Waals surface area (Å²) in [4.78, 5) is 0. The van der Waals surface area contributed by atoms with Crippen molar-refractivity contribution >= 4 is 0 Å². The van der Waals surface area contributed by atoms with E-state index in [0.29, 0.717) is 19.4 Å². The summed E-state index contributed by atoms with van der Waals surface area (Å²) in [6.45, 7) is 2.51. The predicted molar refractivity (Wildman–Crippen MR) is 61.1 cm³/mol. The van der Waals surface area contributed by atoms with Crippen LogP contribution in [-0.2, 0) is 6.42 Å². The van der Waals surface area contributed by atoms with Crippen LogP contribution in [-0.4, -0.2) is 24.9 Å². The fourth-order valence-corrected chi connectivity index (χ4v) is 1.71. The maximum Gasteiger partial charge on any atom is 0.125 e. The number of benzene rings is 1. The Hall–Kier alpha value is -1.06. The topological polar surface area (TPSA) is 55.5 Å². The molecule has 1 aromatic rings. The minimum Gasteiger partial charge on any atom is -0.496 e. The molecule has 0 spiro atoms. The SMILES string of the molecule is COc1c(C)cccc1CC(O)CCN. The first-order valence-electron chi connectivity index (χ1n) is 5.19. The summed E-state index contributed by atoms with van der Waals surface area (Å²) in [5.74, 6) is 0.869. The minimum absolute atomic E-state index is 0.384. The first-order chi connectivity index (χ1) is 7.19. The molecule has 3 nitrogen and oxygen atoms in total. The Morgan fingerprint density at radius 2 is 2.20 bits per heavy atom. The first kappa shape index (κ1) is 12.0. The van der Waals surface area contributed by atoms with Gasteiger partial charge in [0, 0.05) is 6.42 Å². The highest BCUT2D eigenvalue weighted by molar-refractivity contribution is 5.41. The third-order valence-electron chi connectivity index (χ3n) is 2.45. The highest BCUT2D eigenvalue weighted by Crippen LogP contribution is 2.24. The average molecular weight is 209 g/mol. The Labute approximate surface area is 90.9 Å². The number of hydrogen-bond acceptors (Lipinski definition) is 3. The first-order valence-corrected chi connectivity index (χ1v) is 5.19. The molecule has 0 radical (unpaired) electrons. The van der Waals surface area contributed by atoms with Crippen LogP contribution < -0.4 is 10.5 Å². The number of hydrogen-bond donors (Lipinski definition) is 2. The number of aryl methyl sites for hydroxylation is 1. The molecule has 0 fully saturated rings. The van der Waals surface area contributed by atoms with Crippen molar-refractivity contribution in [2.24, 2.45) is 5.73 Å². The summed E-state index contributed by atoms with van der Waals surface area (Å²) in [6, 6.07) is 5.95. The molecule has 1 unspecified atom stereocenters. The molecule has 1 aromatic carbocycles. The Bertz CT molecular complexity index is 312. The van der Waals surface area contributed by atoms with Gasteiger partial charge in [-0.25, -0.2) is 0 Å². The number of rotatable bonds is 5. The van der Waals surface area contributed by atoms with Gasteiger partial charge in [-0.05, 0) is 31.0 Å². The van der Waals surface area contributed by atoms with Crippen molar-refractivity contribution in [3.05, 3.63) is 29.3 Å². The second kappa shape index (κ2) is 5.73. The van der Waals surface area contributed by atoms with Gasteiger partial charge in [-0.2, -0.15) is 0 Å². The van der Waals surface area contributed by atoms with Gasteiger partial charge in [-0.3, -0.25) is 0 Å². The summed E-state index contributed by atoms with van der Waals surface area (Å²) >= 11 is 0. The van der Waals surface area contributed by atoms with Gasteiger partial charge in [0.05, 0.1) is 13.2 Å². The van der Waals surface area contributed by atoms with Gasteiger partial charge < -0.3 is 15.6 Å². The standard InChI is InChI=1S/C12H19NO2/c1-9-4-3-5-10(12(9)15-2)8-11(14)6-7-13/h3-5,11,14H,6-8,13H2,1-2H3. The van der Waals surface area contributed by atoms with Crippen molar-refractivity contribution in [3.63, 3.8) is 0 Å². The maximum atomic E-state index is 9.68. The van der Waals surface area contributed by atoms with E-state index in [1.165, 1.54) is 0 Å². The lowest BCUT2D eigenvalue weighted by atomic mass is 10.0. The molecule has 0 saturated heterocycles. The molecule has 3 N–H and O–H groups in total. The van der Waals surface area contributed by atoms with E-state index in [1.807, 2.05) is 25.1 Å². The molecular formula is C12H19NO2. The Morgan fingerprint density at radius 1 is 1.47 bits per heavy atom. The number of aliphatic hydroxyl groups is 1. The lowest BCUT2D eigenvalue weighted by Gasteiger charge is -2.14. The Kier molecular flexibility index (Phi) is 4.59. The van der Waals surface area contributed by atoms with E-state index in [4.69, 9.17) is 10.5 Å². The summed E-state index contributed by atoms with van der Waals surface area (Å²) in [7, 11) is 1.65. The molecule has 0 aliphatic heterocycles. The van der Waals surface area contributed by atoms with E-state index in [9.17, 15) is 5.11 Å². The summed E-state index contributed by atoms with van der Waals surface area (Å²) < 4.78 is 5.31. The quantitative estimate of drug-likeness (QED) is 0.767. The molecule has 0 aliphatic carbocycles. The molecule has 0 heterocycles. The van der Waals surface area contributed by atoms with E-state index in [-0.39, 0.29) is 6.10 Å². The lowest BCUT2D eigenvalue weighted by Crippen LogP contribution is -2.16. The molecule has 15 heavy (non-hydrogen) atoms. The van der Waals surface area contributed by atoms with Gasteiger partial charge in [0.1, 0.15) is 5.75 Å². The van der Waals surface area contributed by atoms with Crippen LogP contribution in [0, 0.1) is 6.92 Å². The lowest BCUT2D eigenvalue weighted by molar-refractivity contribution is 0.166. The summed E-state index contributed by atoms with van der Waals surface area (Å²) in [5.41, 5.74) is 7.53. The summed E-state index contributed by atoms with van der Waals surface area (Å²) in [6.07, 6.45) is 0.838. The van der Waals surface area contributed by atoms with Crippen LogP contribution in [0.4, 0.5) is 0 Å². The second-order valence-corrected chi connectivity index (χ2v) is 3.70. The van der Waals surface area contributed by atoms with E-state index < -0.39 is 0 Å². The molecule has 1 rings (SSSR count). The molecule has 1 atom stereocenters. The van der Waals surface area contributed by atoms with Crippen LogP contribution in [0.5, 0.6) is 5.75 Å². The fraction of sp³-hybridized carbons (Fsp3) is 0.500. The van der Waals surface area contributed by atoms with Gasteiger partial charge in [0.15, 0.2) is 0 Å². The van der Waals surface area contributed by atoms with Crippen LogP contribution >= 0.6 is 0 Å². The maximum absolute atomic E-state index is 9.68. The molecular weight excluding hydrogens is 190 g/mol. The molecule has 0 amide bonds. The molecule has 0 saturated carbocycles. The van der Waals surface area contributed by atoms with Crippen LogP contribution in [0.1, 0.15) is 17.5 Å². The van der Waals surface area contributed by atoms with Crippen LogP contribution in [0.15, 0.2) is 18.2 Å². The number of methoxy groups -OCH3 is 1. The van der Waals surface area contributed by atoms with Crippen molar-refractivity contribution in [1.82, 2.24) is 0 Å². The van der Waals surface area contributed by atoms with E-state index in [2.05, 4.69) is 0 Å². The molecule has 0 aliphatic rings. The van der Waals surface area contributed by atoms with Gasteiger partial charge in [0.25, 0.3) is 0 Å². The third-order valence-corrected chi connectivity index (χ3v) is 2.45. The number of para-hydroxylation sites is 1. The van der Waals surface area contributed by atoms with Crippen molar-refractivity contribution < 1.29 is 9.84 Å². The largest absolute Gasteiger partial charge is 0.496 e. The third kappa shape index (κ3) is 3.22. The van der Waals surface area contributed by atoms with E-state index >= 15 is 0 Å². The zero-order chi connectivity index (χ0) is 11.3. The van der Waals surface area contributed by atoms with Crippen molar-refractivity contribution in [3.8, 4) is 5.75 Å². The van der Waals surface area contributed by atoms with Gasteiger partial charge >= 0.3 is 0 Å². The fourth-order valence-electron chi connectivity index (χ4n) is 1.71. The zero-order valence-corrected chi connectivity index (χ0v) is 9.36. The zero-order valence-electron chi connectivity index (χ0n) is 9.36. The van der Waals surface area contributed by atoms with Gasteiger partial charge in [0.2, 0.25) is 0 Å². The smallest absolute Gasteiger partial charge is 0.125 e. The van der Waals surface area contributed by atoms with E-state index in [0.717, 1.165) is 16.9 Å². The summed E-state index contributed by atoms with van der Waals surface area (Å²) in [5, 5.41) is 9.68. The normalized spacial score (nSPS) is 12.5. The van der Waals surface area contributed by atoms with Crippen LogP contribution in [0.3, 0.4) is 0 Å². The monoisotopic (exact) mass is 209 g/mol.